The predicted molar refractivity (Wildman–Crippen MR) is 50.0 cm³/mol. The molecule has 0 saturated carbocycles. The van der Waals surface area contributed by atoms with E-state index >= 15 is 0 Å². The highest BCUT2D eigenvalue weighted by Crippen LogP contribution is 2.18. The van der Waals surface area contributed by atoms with Gasteiger partial charge in [-0.2, -0.15) is 5.26 Å². The molecule has 0 aliphatic heterocycles. The van der Waals surface area contributed by atoms with Crippen molar-refractivity contribution < 1.29 is 4.39 Å². The van der Waals surface area contributed by atoms with Gasteiger partial charge in [-0.1, -0.05) is 17.7 Å². The van der Waals surface area contributed by atoms with Crippen LogP contribution in [0.3, 0.4) is 0 Å². The molecule has 0 bridgehead atoms. The SMILES string of the molecule is N#CCCCc1ccc(F)cc1Cl. The monoisotopic (exact) mass is 197 g/mol. The van der Waals surface area contributed by atoms with E-state index in [2.05, 4.69) is 6.07 Å². The van der Waals surface area contributed by atoms with E-state index in [-0.39, 0.29) is 5.82 Å². The van der Waals surface area contributed by atoms with Crippen LogP contribution in [-0.4, -0.2) is 0 Å². The molecule has 0 amide bonds. The summed E-state index contributed by atoms with van der Waals surface area (Å²) in [4.78, 5) is 0. The van der Waals surface area contributed by atoms with Crippen molar-refractivity contribution in [1.29, 1.82) is 5.26 Å². The molecule has 0 N–H and O–H groups in total. The van der Waals surface area contributed by atoms with Crippen molar-refractivity contribution in [3.05, 3.63) is 34.6 Å². The fraction of sp³-hybridized carbons (Fsp3) is 0.300. The number of halogens is 2. The Labute approximate surface area is 81.8 Å². The van der Waals surface area contributed by atoms with E-state index in [0.717, 1.165) is 18.4 Å². The highest BCUT2D eigenvalue weighted by atomic mass is 35.5. The third kappa shape index (κ3) is 3.04. The molecule has 0 heterocycles. The molecule has 0 unspecified atom stereocenters. The first kappa shape index (κ1) is 10.0. The Kier molecular flexibility index (Phi) is 3.72. The molecule has 0 fully saturated rings. The Morgan fingerprint density at radius 2 is 2.23 bits per heavy atom. The second kappa shape index (κ2) is 4.84. The van der Waals surface area contributed by atoms with Crippen molar-refractivity contribution in [2.45, 2.75) is 19.3 Å². The molecule has 0 spiro atoms. The molecule has 0 radical (unpaired) electrons. The minimum absolute atomic E-state index is 0.325. The molecule has 3 heteroatoms. The lowest BCUT2D eigenvalue weighted by molar-refractivity contribution is 0.627. The highest BCUT2D eigenvalue weighted by molar-refractivity contribution is 6.31. The minimum Gasteiger partial charge on any atom is -0.207 e. The molecule has 0 aliphatic carbocycles. The van der Waals surface area contributed by atoms with Crippen LogP contribution < -0.4 is 0 Å². The number of aryl methyl sites for hydroxylation is 1. The van der Waals surface area contributed by atoms with E-state index in [1.165, 1.54) is 12.1 Å². The van der Waals surface area contributed by atoms with E-state index in [9.17, 15) is 4.39 Å². The molecule has 68 valence electrons. The smallest absolute Gasteiger partial charge is 0.124 e. The standard InChI is InChI=1S/C10H9ClFN/c11-10-7-9(12)5-4-8(10)3-1-2-6-13/h4-5,7H,1-3H2. The second-order valence-corrected chi connectivity index (χ2v) is 3.15. The van der Waals surface area contributed by atoms with E-state index < -0.39 is 0 Å². The Balaban J connectivity index is 2.62. The van der Waals surface area contributed by atoms with Crippen LogP contribution in [0, 0.1) is 17.1 Å². The Morgan fingerprint density at radius 3 is 2.85 bits per heavy atom. The lowest BCUT2D eigenvalue weighted by Crippen LogP contribution is -1.87. The summed E-state index contributed by atoms with van der Waals surface area (Å²) in [6, 6.07) is 6.39. The summed E-state index contributed by atoms with van der Waals surface area (Å²) in [6.07, 6.45) is 2.00. The summed E-state index contributed by atoms with van der Waals surface area (Å²) >= 11 is 5.79. The van der Waals surface area contributed by atoms with Gasteiger partial charge in [-0.25, -0.2) is 4.39 Å². The predicted octanol–water partition coefficient (Wildman–Crippen LogP) is 3.33. The summed E-state index contributed by atoms with van der Waals surface area (Å²) in [5.74, 6) is -0.325. The number of rotatable bonds is 3. The van der Waals surface area contributed by atoms with Crippen molar-refractivity contribution in [3.8, 4) is 6.07 Å². The maximum Gasteiger partial charge on any atom is 0.124 e. The van der Waals surface area contributed by atoms with Gasteiger partial charge in [0.1, 0.15) is 5.82 Å². The average Bonchev–Trinajstić information content (AvgIpc) is 2.09. The zero-order chi connectivity index (χ0) is 9.68. The van der Waals surface area contributed by atoms with Crippen LogP contribution in [-0.2, 0) is 6.42 Å². The second-order valence-electron chi connectivity index (χ2n) is 2.75. The van der Waals surface area contributed by atoms with Gasteiger partial charge in [-0.15, -0.1) is 0 Å². The maximum absolute atomic E-state index is 12.6. The molecule has 1 rings (SSSR count). The van der Waals surface area contributed by atoms with Gasteiger partial charge in [0.15, 0.2) is 0 Å². The lowest BCUT2D eigenvalue weighted by Gasteiger charge is -2.01. The Bertz CT molecular complexity index is 330. The Morgan fingerprint density at radius 1 is 1.46 bits per heavy atom. The third-order valence-corrected chi connectivity index (χ3v) is 2.10. The van der Waals surface area contributed by atoms with Crippen LogP contribution in [0.15, 0.2) is 18.2 Å². The molecule has 0 saturated heterocycles. The number of unbranched alkanes of at least 4 members (excludes halogenated alkanes) is 1. The number of hydrogen-bond acceptors (Lipinski definition) is 1. The van der Waals surface area contributed by atoms with Gasteiger partial charge >= 0.3 is 0 Å². The first-order chi connectivity index (χ1) is 6.24. The van der Waals surface area contributed by atoms with Crippen molar-refractivity contribution in [2.24, 2.45) is 0 Å². The maximum atomic E-state index is 12.6. The van der Waals surface area contributed by atoms with Gasteiger partial charge in [0, 0.05) is 11.4 Å². The van der Waals surface area contributed by atoms with Crippen LogP contribution >= 0.6 is 11.6 Å². The van der Waals surface area contributed by atoms with Crippen LogP contribution in [0.2, 0.25) is 5.02 Å². The highest BCUT2D eigenvalue weighted by Gasteiger charge is 2.00. The molecule has 0 aliphatic rings. The molecular formula is C10H9ClFN. The van der Waals surface area contributed by atoms with Crippen molar-refractivity contribution in [1.82, 2.24) is 0 Å². The normalized spacial score (nSPS) is 9.62. The summed E-state index contributed by atoms with van der Waals surface area (Å²) in [5.41, 5.74) is 0.901. The zero-order valence-corrected chi connectivity index (χ0v) is 7.81. The van der Waals surface area contributed by atoms with Gasteiger partial charge in [-0.3, -0.25) is 0 Å². The minimum atomic E-state index is -0.325. The molecule has 0 atom stereocenters. The molecule has 0 aromatic heterocycles. The molecule has 13 heavy (non-hydrogen) atoms. The van der Waals surface area contributed by atoms with Crippen LogP contribution in [0.1, 0.15) is 18.4 Å². The van der Waals surface area contributed by atoms with Gasteiger partial charge < -0.3 is 0 Å². The fourth-order valence-corrected chi connectivity index (χ4v) is 1.34. The number of benzene rings is 1. The summed E-state index contributed by atoms with van der Waals surface area (Å²) < 4.78 is 12.6. The molecule has 1 aromatic rings. The van der Waals surface area contributed by atoms with Crippen LogP contribution in [0.4, 0.5) is 4.39 Å². The van der Waals surface area contributed by atoms with Crippen LogP contribution in [0.25, 0.3) is 0 Å². The van der Waals surface area contributed by atoms with Gasteiger partial charge in [0.25, 0.3) is 0 Å². The number of nitriles is 1. The van der Waals surface area contributed by atoms with Gasteiger partial charge in [0.05, 0.1) is 6.07 Å². The van der Waals surface area contributed by atoms with E-state index in [1.54, 1.807) is 6.07 Å². The number of nitrogens with zero attached hydrogens (tertiary/aromatic N) is 1. The summed E-state index contributed by atoms with van der Waals surface area (Å²) in [6.45, 7) is 0. The van der Waals surface area contributed by atoms with Crippen molar-refractivity contribution >= 4 is 11.6 Å². The first-order valence-electron chi connectivity index (χ1n) is 4.05. The first-order valence-corrected chi connectivity index (χ1v) is 4.42. The van der Waals surface area contributed by atoms with Crippen molar-refractivity contribution in [2.75, 3.05) is 0 Å². The number of hydrogen-bond donors (Lipinski definition) is 0. The van der Waals surface area contributed by atoms with Gasteiger partial charge in [0.2, 0.25) is 0 Å². The van der Waals surface area contributed by atoms with Crippen molar-refractivity contribution in [3.63, 3.8) is 0 Å². The molecular weight excluding hydrogens is 189 g/mol. The topological polar surface area (TPSA) is 23.8 Å². The zero-order valence-electron chi connectivity index (χ0n) is 7.06. The van der Waals surface area contributed by atoms with E-state index in [1.807, 2.05) is 0 Å². The van der Waals surface area contributed by atoms with E-state index in [0.29, 0.717) is 11.4 Å². The molecule has 1 nitrogen and oxygen atoms in total. The lowest BCUT2D eigenvalue weighted by atomic mass is 10.1. The third-order valence-electron chi connectivity index (χ3n) is 1.75. The largest absolute Gasteiger partial charge is 0.207 e. The summed E-state index contributed by atoms with van der Waals surface area (Å²) in [5, 5.41) is 8.76. The van der Waals surface area contributed by atoms with Gasteiger partial charge in [-0.05, 0) is 30.5 Å². The summed E-state index contributed by atoms with van der Waals surface area (Å²) in [7, 11) is 0. The molecule has 1 aromatic carbocycles. The Hall–Kier alpha value is -1.07. The van der Waals surface area contributed by atoms with E-state index in [4.69, 9.17) is 16.9 Å². The van der Waals surface area contributed by atoms with Crippen LogP contribution in [0.5, 0.6) is 0 Å². The fourth-order valence-electron chi connectivity index (χ4n) is 1.08. The quantitative estimate of drug-likeness (QED) is 0.682. The average molecular weight is 198 g/mol.